The van der Waals surface area contributed by atoms with E-state index in [1.165, 1.54) is 0 Å². The van der Waals surface area contributed by atoms with Gasteiger partial charge in [-0.1, -0.05) is 0 Å². The molecule has 2 aliphatic heterocycles. The molecule has 2 aliphatic rings. The van der Waals surface area contributed by atoms with Crippen molar-refractivity contribution in [2.24, 2.45) is 7.05 Å². The second-order valence-corrected chi connectivity index (χ2v) is 6.26. The highest BCUT2D eigenvalue weighted by molar-refractivity contribution is 5.85. The number of carbonyl (C=O) groups is 1. The molecular formula is C16H19FN6O2. The Morgan fingerprint density at radius 1 is 1.24 bits per heavy atom. The number of amides is 1. The summed E-state index contributed by atoms with van der Waals surface area (Å²) in [5.41, 5.74) is 1.75. The molecule has 132 valence electrons. The van der Waals surface area contributed by atoms with Crippen molar-refractivity contribution in [2.75, 3.05) is 37.7 Å². The Morgan fingerprint density at radius 2 is 1.96 bits per heavy atom. The topological polar surface area (TPSA) is 76.4 Å². The third-order valence-corrected chi connectivity index (χ3v) is 4.65. The van der Waals surface area contributed by atoms with Crippen LogP contribution in [0.5, 0.6) is 0 Å². The third kappa shape index (κ3) is 2.95. The van der Waals surface area contributed by atoms with E-state index in [0.29, 0.717) is 45.3 Å². The first-order valence-electron chi connectivity index (χ1n) is 8.22. The minimum absolute atomic E-state index is 0.0555. The highest BCUT2D eigenvalue weighted by Crippen LogP contribution is 2.30. The Labute approximate surface area is 144 Å². The number of aryl methyl sites for hydroxylation is 1. The molecule has 0 unspecified atom stereocenters. The van der Waals surface area contributed by atoms with Crippen LogP contribution >= 0.6 is 0 Å². The minimum Gasteiger partial charge on any atom is -0.378 e. The highest BCUT2D eigenvalue weighted by atomic mass is 19.1. The summed E-state index contributed by atoms with van der Waals surface area (Å²) in [5, 5.41) is 0. The van der Waals surface area contributed by atoms with Crippen molar-refractivity contribution in [1.29, 1.82) is 0 Å². The Balaban J connectivity index is 1.65. The van der Waals surface area contributed by atoms with Gasteiger partial charge in [-0.25, -0.2) is 19.3 Å². The molecule has 0 N–H and O–H groups in total. The molecule has 8 nitrogen and oxygen atoms in total. The second kappa shape index (κ2) is 6.40. The van der Waals surface area contributed by atoms with Gasteiger partial charge >= 0.3 is 0 Å². The number of halogens is 1. The molecule has 1 saturated heterocycles. The monoisotopic (exact) mass is 346 g/mol. The van der Waals surface area contributed by atoms with Gasteiger partial charge in [0.15, 0.2) is 5.82 Å². The van der Waals surface area contributed by atoms with Crippen LogP contribution in [0.4, 0.5) is 10.3 Å². The van der Waals surface area contributed by atoms with Crippen molar-refractivity contribution in [3.63, 3.8) is 0 Å². The Kier molecular flexibility index (Phi) is 4.08. The maximum Gasteiger partial charge on any atom is 0.233 e. The van der Waals surface area contributed by atoms with Gasteiger partial charge in [0, 0.05) is 26.7 Å². The number of fused-ring (bicyclic) bond motifs is 1. The van der Waals surface area contributed by atoms with E-state index in [2.05, 4.69) is 15.0 Å². The van der Waals surface area contributed by atoms with E-state index in [1.54, 1.807) is 6.33 Å². The molecule has 1 atom stereocenters. The third-order valence-electron chi connectivity index (χ3n) is 4.65. The summed E-state index contributed by atoms with van der Waals surface area (Å²) >= 11 is 0. The van der Waals surface area contributed by atoms with Gasteiger partial charge in [-0.2, -0.15) is 0 Å². The number of hydrogen-bond acceptors (Lipinski definition) is 6. The van der Waals surface area contributed by atoms with Gasteiger partial charge in [-0.15, -0.1) is 0 Å². The van der Waals surface area contributed by atoms with Gasteiger partial charge < -0.3 is 19.1 Å². The molecule has 1 fully saturated rings. The summed E-state index contributed by atoms with van der Waals surface area (Å²) in [7, 11) is 1.90. The normalized spacial score (nSPS) is 20.5. The lowest BCUT2D eigenvalue weighted by molar-refractivity contribution is -0.137. The lowest BCUT2D eigenvalue weighted by Crippen LogP contribution is -2.48. The van der Waals surface area contributed by atoms with Crippen molar-refractivity contribution in [2.45, 2.75) is 12.5 Å². The molecule has 4 heterocycles. The Bertz CT molecular complexity index is 771. The lowest BCUT2D eigenvalue weighted by atomic mass is 9.96. The average molecular weight is 346 g/mol. The number of hydrogen-bond donors (Lipinski definition) is 0. The van der Waals surface area contributed by atoms with Crippen molar-refractivity contribution in [1.82, 2.24) is 24.4 Å². The molecule has 9 heteroatoms. The van der Waals surface area contributed by atoms with Gasteiger partial charge in [-0.3, -0.25) is 4.79 Å². The van der Waals surface area contributed by atoms with E-state index < -0.39 is 5.82 Å². The predicted molar refractivity (Wildman–Crippen MR) is 86.4 cm³/mol. The molecule has 4 rings (SSSR count). The molecule has 0 saturated carbocycles. The van der Waals surface area contributed by atoms with Gasteiger partial charge in [0.2, 0.25) is 11.9 Å². The Hall–Kier alpha value is -2.55. The van der Waals surface area contributed by atoms with Gasteiger partial charge in [0.05, 0.1) is 55.8 Å². The van der Waals surface area contributed by atoms with E-state index in [4.69, 9.17) is 4.74 Å². The highest BCUT2D eigenvalue weighted by Gasteiger charge is 2.37. The first-order chi connectivity index (χ1) is 12.1. The first-order valence-corrected chi connectivity index (χ1v) is 8.22. The average Bonchev–Trinajstić information content (AvgIpc) is 3.03. The quantitative estimate of drug-likeness (QED) is 0.779. The number of anilines is 1. The second-order valence-electron chi connectivity index (χ2n) is 6.26. The van der Waals surface area contributed by atoms with Crippen LogP contribution in [0, 0.1) is 5.82 Å². The van der Waals surface area contributed by atoms with Crippen LogP contribution in [-0.4, -0.2) is 63.2 Å². The zero-order valence-corrected chi connectivity index (χ0v) is 13.9. The SMILES string of the molecule is Cn1cnc2c1[C@H](C(=O)N1CCOCC1)CN(c1ncc(F)cn1)C2. The van der Waals surface area contributed by atoms with Crippen molar-refractivity contribution < 1.29 is 13.9 Å². The van der Waals surface area contributed by atoms with Gasteiger partial charge in [0.25, 0.3) is 0 Å². The van der Waals surface area contributed by atoms with E-state index in [-0.39, 0.29) is 11.8 Å². The molecule has 0 spiro atoms. The van der Waals surface area contributed by atoms with Crippen LogP contribution in [0.3, 0.4) is 0 Å². The van der Waals surface area contributed by atoms with Crippen LogP contribution in [0.2, 0.25) is 0 Å². The molecule has 1 amide bonds. The standard InChI is InChI=1S/C16H19FN6O2/c1-21-10-20-13-9-23(16-18-6-11(17)7-19-16)8-12(14(13)21)15(24)22-2-4-25-5-3-22/h6-7,10,12H,2-5,8-9H2,1H3/t12-/m1/s1. The van der Waals surface area contributed by atoms with Crippen molar-refractivity contribution in [3.8, 4) is 0 Å². The molecule has 2 aromatic heterocycles. The maximum absolute atomic E-state index is 13.1. The summed E-state index contributed by atoms with van der Waals surface area (Å²) in [4.78, 5) is 29.3. The molecule has 0 radical (unpaired) electrons. The zero-order valence-electron chi connectivity index (χ0n) is 13.9. The fourth-order valence-corrected chi connectivity index (χ4v) is 3.43. The molecule has 2 aromatic rings. The fourth-order valence-electron chi connectivity index (χ4n) is 3.43. The molecule has 0 bridgehead atoms. The fraction of sp³-hybridized carbons (Fsp3) is 0.500. The maximum atomic E-state index is 13.1. The van der Waals surface area contributed by atoms with Gasteiger partial charge in [0.1, 0.15) is 0 Å². The molecule has 25 heavy (non-hydrogen) atoms. The van der Waals surface area contributed by atoms with E-state index >= 15 is 0 Å². The van der Waals surface area contributed by atoms with Crippen LogP contribution in [-0.2, 0) is 23.1 Å². The summed E-state index contributed by atoms with van der Waals surface area (Å²) in [6.07, 6.45) is 3.99. The number of nitrogens with zero attached hydrogens (tertiary/aromatic N) is 6. The van der Waals surface area contributed by atoms with E-state index in [0.717, 1.165) is 23.8 Å². The smallest absolute Gasteiger partial charge is 0.233 e. The summed E-state index contributed by atoms with van der Waals surface area (Å²) < 4.78 is 20.4. The lowest BCUT2D eigenvalue weighted by Gasteiger charge is -2.36. The van der Waals surface area contributed by atoms with Crippen molar-refractivity contribution >= 4 is 11.9 Å². The summed E-state index contributed by atoms with van der Waals surface area (Å²) in [5.74, 6) is -0.388. The number of aromatic nitrogens is 4. The number of carbonyl (C=O) groups excluding carboxylic acids is 1. The van der Waals surface area contributed by atoms with E-state index in [9.17, 15) is 9.18 Å². The number of rotatable bonds is 2. The van der Waals surface area contributed by atoms with Crippen LogP contribution < -0.4 is 4.90 Å². The van der Waals surface area contributed by atoms with Crippen LogP contribution in [0.1, 0.15) is 17.3 Å². The van der Waals surface area contributed by atoms with Crippen molar-refractivity contribution in [3.05, 3.63) is 35.9 Å². The predicted octanol–water partition coefficient (Wildman–Crippen LogP) is 0.312. The molecular weight excluding hydrogens is 327 g/mol. The Morgan fingerprint density at radius 3 is 2.68 bits per heavy atom. The minimum atomic E-state index is -0.486. The zero-order chi connectivity index (χ0) is 17.4. The number of morpholine rings is 1. The molecule has 0 aliphatic carbocycles. The first kappa shape index (κ1) is 15.9. The number of ether oxygens (including phenoxy) is 1. The largest absolute Gasteiger partial charge is 0.378 e. The van der Waals surface area contributed by atoms with Crippen LogP contribution in [0.15, 0.2) is 18.7 Å². The number of imidazole rings is 1. The summed E-state index contributed by atoms with van der Waals surface area (Å²) in [6.45, 7) is 3.23. The van der Waals surface area contributed by atoms with Gasteiger partial charge in [-0.05, 0) is 0 Å². The van der Waals surface area contributed by atoms with E-state index in [1.807, 2.05) is 21.4 Å². The van der Waals surface area contributed by atoms with Crippen LogP contribution in [0.25, 0.3) is 0 Å². The summed E-state index contributed by atoms with van der Waals surface area (Å²) in [6, 6.07) is 0. The molecule has 0 aromatic carbocycles.